The van der Waals surface area contributed by atoms with Crippen LogP contribution in [0.15, 0.2) is 78.9 Å². The molecule has 0 aliphatic rings. The number of hydrogen-bond acceptors (Lipinski definition) is 2. The summed E-state index contributed by atoms with van der Waals surface area (Å²) in [4.78, 5) is 12.3. The Morgan fingerprint density at radius 2 is 1.54 bits per heavy atom. The molecule has 1 N–H and O–H groups in total. The van der Waals surface area contributed by atoms with E-state index in [1.807, 2.05) is 92.7 Å². The van der Waals surface area contributed by atoms with Crippen LogP contribution in [0.3, 0.4) is 0 Å². The fourth-order valence-electron chi connectivity index (χ4n) is 3.34. The molecule has 0 fully saturated rings. The van der Waals surface area contributed by atoms with Gasteiger partial charge in [0.15, 0.2) is 0 Å². The molecule has 0 saturated heterocycles. The van der Waals surface area contributed by atoms with E-state index in [4.69, 9.17) is 5.10 Å². The van der Waals surface area contributed by atoms with Crippen LogP contribution in [0.1, 0.15) is 21.5 Å². The Morgan fingerprint density at radius 3 is 2.18 bits per heavy atom. The normalized spacial score (nSPS) is 10.8. The Hall–Kier alpha value is -3.66. The number of rotatable bonds is 4. The van der Waals surface area contributed by atoms with Gasteiger partial charge in [0.05, 0.1) is 11.4 Å². The number of carboxylic acids is 1. The summed E-state index contributed by atoms with van der Waals surface area (Å²) in [6, 6.07) is 25.2. The van der Waals surface area contributed by atoms with E-state index in [1.54, 1.807) is 4.68 Å². The molecule has 0 aliphatic heterocycles. The van der Waals surface area contributed by atoms with Crippen LogP contribution < -0.4 is 0 Å². The van der Waals surface area contributed by atoms with Crippen molar-refractivity contribution in [2.75, 3.05) is 0 Å². The summed E-state index contributed by atoms with van der Waals surface area (Å²) in [5.41, 5.74) is 5.88. The van der Waals surface area contributed by atoms with Gasteiger partial charge in [0.25, 0.3) is 0 Å². The number of carboxylic acid groups (broad SMARTS) is 1. The highest BCUT2D eigenvalue weighted by Gasteiger charge is 2.26. The van der Waals surface area contributed by atoms with Gasteiger partial charge in [-0.15, -0.1) is 0 Å². The van der Waals surface area contributed by atoms with Gasteiger partial charge >= 0.3 is 5.97 Å². The number of aromatic carboxylic acids is 1. The van der Waals surface area contributed by atoms with E-state index in [2.05, 4.69) is 0 Å². The molecule has 0 unspecified atom stereocenters. The van der Waals surface area contributed by atoms with Crippen molar-refractivity contribution in [3.8, 4) is 28.2 Å². The largest absolute Gasteiger partial charge is 0.478 e. The molecule has 4 nitrogen and oxygen atoms in total. The molecule has 4 aromatic rings. The van der Waals surface area contributed by atoms with Crippen LogP contribution in [0.4, 0.5) is 0 Å². The van der Waals surface area contributed by atoms with Gasteiger partial charge in [-0.1, -0.05) is 72.3 Å². The minimum atomic E-state index is -0.992. The van der Waals surface area contributed by atoms with Gasteiger partial charge in [0, 0.05) is 11.1 Å². The number of benzene rings is 3. The highest BCUT2D eigenvalue weighted by molar-refractivity contribution is 6.01. The zero-order chi connectivity index (χ0) is 19.7. The van der Waals surface area contributed by atoms with E-state index in [0.29, 0.717) is 11.4 Å². The van der Waals surface area contributed by atoms with Gasteiger partial charge in [-0.25, -0.2) is 9.48 Å². The molecule has 0 saturated carbocycles. The molecule has 3 aromatic carbocycles. The van der Waals surface area contributed by atoms with Crippen molar-refractivity contribution in [3.05, 3.63) is 95.6 Å². The zero-order valence-corrected chi connectivity index (χ0v) is 15.8. The first-order valence-electron chi connectivity index (χ1n) is 9.10. The summed E-state index contributed by atoms with van der Waals surface area (Å²) >= 11 is 0. The molecule has 0 aliphatic carbocycles. The molecule has 1 aromatic heterocycles. The second-order valence-electron chi connectivity index (χ2n) is 6.86. The van der Waals surface area contributed by atoms with Crippen LogP contribution in [0.25, 0.3) is 28.2 Å². The Kier molecular flexibility index (Phi) is 4.53. The smallest absolute Gasteiger partial charge is 0.340 e. The second kappa shape index (κ2) is 7.16. The van der Waals surface area contributed by atoms with E-state index in [1.165, 1.54) is 0 Å². The summed E-state index contributed by atoms with van der Waals surface area (Å²) in [6.45, 7) is 4.01. The average Bonchev–Trinajstić information content (AvgIpc) is 3.10. The van der Waals surface area contributed by atoms with Gasteiger partial charge in [-0.2, -0.15) is 5.10 Å². The predicted octanol–water partition coefficient (Wildman–Crippen LogP) is 5.52. The van der Waals surface area contributed by atoms with Gasteiger partial charge in [-0.3, -0.25) is 0 Å². The molecule has 0 bridgehead atoms. The van der Waals surface area contributed by atoms with Crippen LogP contribution in [0.5, 0.6) is 0 Å². The van der Waals surface area contributed by atoms with E-state index in [0.717, 1.165) is 27.9 Å². The second-order valence-corrected chi connectivity index (χ2v) is 6.86. The molecule has 0 atom stereocenters. The van der Waals surface area contributed by atoms with E-state index in [-0.39, 0.29) is 5.56 Å². The lowest BCUT2D eigenvalue weighted by Crippen LogP contribution is -2.03. The first-order valence-corrected chi connectivity index (χ1v) is 9.10. The van der Waals surface area contributed by atoms with Crippen molar-refractivity contribution in [3.63, 3.8) is 0 Å². The highest BCUT2D eigenvalue weighted by atomic mass is 16.4. The highest BCUT2D eigenvalue weighted by Crippen LogP contribution is 2.34. The lowest BCUT2D eigenvalue weighted by atomic mass is 10.0. The number of carbonyl (C=O) groups is 1. The maximum absolute atomic E-state index is 12.3. The van der Waals surface area contributed by atoms with Crippen LogP contribution in [-0.4, -0.2) is 20.9 Å². The fraction of sp³-hybridized carbons (Fsp3) is 0.0833. The third-order valence-electron chi connectivity index (χ3n) is 4.72. The van der Waals surface area contributed by atoms with Gasteiger partial charge in [0.2, 0.25) is 0 Å². The minimum absolute atomic E-state index is 0.205. The lowest BCUT2D eigenvalue weighted by molar-refractivity contribution is 0.0698. The first-order chi connectivity index (χ1) is 13.5. The van der Waals surface area contributed by atoms with Gasteiger partial charge < -0.3 is 5.11 Å². The van der Waals surface area contributed by atoms with Crippen LogP contribution in [-0.2, 0) is 0 Å². The fourth-order valence-corrected chi connectivity index (χ4v) is 3.34. The Balaban J connectivity index is 2.06. The standard InChI is InChI=1S/C24H20N2O2/c1-16-11-13-18(14-12-16)22-21(24(27)28)23(19-8-4-3-5-9-19)26(25-22)20-10-6-7-17(2)15-20/h3-15H,1-2H3,(H,27,28). The topological polar surface area (TPSA) is 55.1 Å². The molecule has 4 rings (SSSR count). The maximum Gasteiger partial charge on any atom is 0.340 e. The van der Waals surface area contributed by atoms with Crippen molar-refractivity contribution in [2.45, 2.75) is 13.8 Å². The van der Waals surface area contributed by atoms with E-state index in [9.17, 15) is 9.90 Å². The van der Waals surface area contributed by atoms with Crippen molar-refractivity contribution in [1.82, 2.24) is 9.78 Å². The molecule has 0 spiro atoms. The number of hydrogen-bond donors (Lipinski definition) is 1. The van der Waals surface area contributed by atoms with Crippen molar-refractivity contribution >= 4 is 5.97 Å². The summed E-state index contributed by atoms with van der Waals surface area (Å²) in [7, 11) is 0. The molecular formula is C24H20N2O2. The Morgan fingerprint density at radius 1 is 0.821 bits per heavy atom. The number of aromatic nitrogens is 2. The molecule has 138 valence electrons. The van der Waals surface area contributed by atoms with Crippen molar-refractivity contribution in [2.24, 2.45) is 0 Å². The number of aryl methyl sites for hydroxylation is 2. The first kappa shape index (κ1) is 17.7. The summed E-state index contributed by atoms with van der Waals surface area (Å²) in [5.74, 6) is -0.992. The molecule has 4 heteroatoms. The predicted molar refractivity (Wildman–Crippen MR) is 111 cm³/mol. The Bertz CT molecular complexity index is 1140. The number of nitrogens with zero attached hydrogens (tertiary/aromatic N) is 2. The molecule has 28 heavy (non-hydrogen) atoms. The maximum atomic E-state index is 12.3. The van der Waals surface area contributed by atoms with Crippen molar-refractivity contribution in [1.29, 1.82) is 0 Å². The molecule has 1 heterocycles. The molecular weight excluding hydrogens is 348 g/mol. The third kappa shape index (κ3) is 3.21. The molecule has 0 radical (unpaired) electrons. The van der Waals surface area contributed by atoms with Crippen LogP contribution in [0, 0.1) is 13.8 Å². The molecule has 0 amide bonds. The van der Waals surface area contributed by atoms with Crippen LogP contribution >= 0.6 is 0 Å². The third-order valence-corrected chi connectivity index (χ3v) is 4.72. The Labute approximate surface area is 163 Å². The van der Waals surface area contributed by atoms with Crippen LogP contribution in [0.2, 0.25) is 0 Å². The lowest BCUT2D eigenvalue weighted by Gasteiger charge is -2.09. The van der Waals surface area contributed by atoms with E-state index < -0.39 is 5.97 Å². The SMILES string of the molecule is Cc1ccc(-c2nn(-c3cccc(C)c3)c(-c3ccccc3)c2C(=O)O)cc1. The van der Waals surface area contributed by atoms with Gasteiger partial charge in [0.1, 0.15) is 11.3 Å². The average molecular weight is 368 g/mol. The summed E-state index contributed by atoms with van der Waals surface area (Å²) in [6.07, 6.45) is 0. The van der Waals surface area contributed by atoms with Gasteiger partial charge in [-0.05, 0) is 31.5 Å². The quantitative estimate of drug-likeness (QED) is 0.516. The van der Waals surface area contributed by atoms with Crippen molar-refractivity contribution < 1.29 is 9.90 Å². The zero-order valence-electron chi connectivity index (χ0n) is 15.8. The minimum Gasteiger partial charge on any atom is -0.478 e. The monoisotopic (exact) mass is 368 g/mol. The summed E-state index contributed by atoms with van der Waals surface area (Å²) < 4.78 is 1.74. The summed E-state index contributed by atoms with van der Waals surface area (Å²) in [5, 5.41) is 14.8. The van der Waals surface area contributed by atoms with E-state index >= 15 is 0 Å².